The van der Waals surface area contributed by atoms with Crippen molar-refractivity contribution in [2.75, 3.05) is 50.7 Å². The number of hydrogen-bond acceptors (Lipinski definition) is 6. The van der Waals surface area contributed by atoms with Crippen LogP contribution in [0.4, 0.5) is 0 Å². The molecule has 1 saturated heterocycles. The first-order valence-corrected chi connectivity index (χ1v) is 9.40. The average Bonchev–Trinajstić information content (AvgIpc) is 2.40. The summed E-state index contributed by atoms with van der Waals surface area (Å²) in [5.74, 6) is 0. The van der Waals surface area contributed by atoms with E-state index in [0.29, 0.717) is 32.6 Å². The van der Waals surface area contributed by atoms with Crippen molar-refractivity contribution < 1.29 is 21.9 Å². The third kappa shape index (κ3) is 5.19. The molecular formula is C9H20N2O5S2. The van der Waals surface area contributed by atoms with E-state index in [2.05, 4.69) is 0 Å². The van der Waals surface area contributed by atoms with Crippen LogP contribution >= 0.6 is 0 Å². The number of nitrogens with zero attached hydrogens (tertiary/aromatic N) is 2. The minimum Gasteiger partial charge on any atom is -0.395 e. The van der Waals surface area contributed by atoms with Gasteiger partial charge in [0.15, 0.2) is 14.9 Å². The summed E-state index contributed by atoms with van der Waals surface area (Å²) in [4.78, 5) is 1.97. The zero-order valence-corrected chi connectivity index (χ0v) is 12.1. The minimum absolute atomic E-state index is 0.0378. The summed E-state index contributed by atoms with van der Waals surface area (Å²) in [7, 11) is -7.30. The van der Waals surface area contributed by atoms with Crippen molar-refractivity contribution in [2.45, 2.75) is 6.42 Å². The summed E-state index contributed by atoms with van der Waals surface area (Å²) in [5.41, 5.74) is 0. The molecule has 0 aromatic rings. The quantitative estimate of drug-likeness (QED) is 0.651. The van der Waals surface area contributed by atoms with Crippen LogP contribution < -0.4 is 0 Å². The van der Waals surface area contributed by atoms with Gasteiger partial charge in [0.05, 0.1) is 6.61 Å². The van der Waals surface area contributed by atoms with Gasteiger partial charge in [0.1, 0.15) is 0 Å². The Balaban J connectivity index is 2.68. The van der Waals surface area contributed by atoms with Crippen LogP contribution in [-0.4, -0.2) is 81.8 Å². The van der Waals surface area contributed by atoms with Gasteiger partial charge in [-0.15, -0.1) is 0 Å². The van der Waals surface area contributed by atoms with Crippen LogP contribution in [0.3, 0.4) is 0 Å². The molecule has 1 N–H and O–H groups in total. The lowest BCUT2D eigenvalue weighted by molar-refractivity contribution is 0.202. The van der Waals surface area contributed by atoms with Crippen molar-refractivity contribution in [1.82, 2.24) is 9.21 Å². The van der Waals surface area contributed by atoms with Gasteiger partial charge < -0.3 is 5.11 Å². The summed E-state index contributed by atoms with van der Waals surface area (Å²) in [6.45, 7) is 2.39. The fraction of sp³-hybridized carbons (Fsp3) is 1.00. The fourth-order valence-corrected chi connectivity index (χ4v) is 5.46. The summed E-state index contributed by atoms with van der Waals surface area (Å²) < 4.78 is 47.2. The monoisotopic (exact) mass is 300 g/mol. The van der Waals surface area contributed by atoms with E-state index < -0.39 is 24.9 Å². The maximum atomic E-state index is 11.9. The van der Waals surface area contributed by atoms with Crippen LogP contribution in [0.5, 0.6) is 0 Å². The Bertz CT molecular complexity index is 459. The molecule has 0 atom stereocenters. The highest BCUT2D eigenvalue weighted by Gasteiger charge is 2.28. The molecule has 0 unspecified atom stereocenters. The molecular weight excluding hydrogens is 280 g/mol. The predicted octanol–water partition coefficient (Wildman–Crippen LogP) is -1.68. The van der Waals surface area contributed by atoms with Crippen molar-refractivity contribution in [3.8, 4) is 0 Å². The molecule has 7 nitrogen and oxygen atoms in total. The van der Waals surface area contributed by atoms with Crippen LogP contribution in [0.15, 0.2) is 0 Å². The van der Waals surface area contributed by atoms with Crippen LogP contribution in [0, 0.1) is 0 Å². The first kappa shape index (κ1) is 15.8. The van der Waals surface area contributed by atoms with Crippen LogP contribution in [0.2, 0.25) is 0 Å². The topological polar surface area (TPSA) is 95.0 Å². The van der Waals surface area contributed by atoms with Gasteiger partial charge in [-0.1, -0.05) is 0 Å². The Hall–Kier alpha value is -0.220. The van der Waals surface area contributed by atoms with Gasteiger partial charge in [0.2, 0.25) is 10.0 Å². The molecule has 0 bridgehead atoms. The lowest BCUT2D eigenvalue weighted by Gasteiger charge is -2.20. The fourth-order valence-electron chi connectivity index (χ4n) is 1.94. The first-order chi connectivity index (χ1) is 8.24. The number of sulfonamides is 1. The zero-order chi connectivity index (χ0) is 13.8. The predicted molar refractivity (Wildman–Crippen MR) is 68.3 cm³/mol. The smallest absolute Gasteiger partial charge is 0.228 e. The first-order valence-electron chi connectivity index (χ1n) is 5.73. The highest BCUT2D eigenvalue weighted by atomic mass is 32.3. The van der Waals surface area contributed by atoms with Gasteiger partial charge in [-0.2, -0.15) is 4.31 Å². The maximum absolute atomic E-state index is 11.9. The second kappa shape index (κ2) is 6.29. The molecule has 1 aliphatic heterocycles. The number of hydrogen-bond donors (Lipinski definition) is 1. The standard InChI is InChI=1S/C9H20N2O5S2/c1-17(13,14)9-18(15,16)11-4-2-3-10(5-6-11)7-8-12/h12H,2-9H2,1H3. The minimum atomic E-state index is -3.75. The second-order valence-electron chi connectivity index (χ2n) is 4.47. The second-order valence-corrected chi connectivity index (χ2v) is 8.95. The SMILES string of the molecule is CS(=O)(=O)CS(=O)(=O)N1CCCN(CCO)CC1. The van der Waals surface area contributed by atoms with E-state index in [0.717, 1.165) is 6.26 Å². The third-order valence-corrected chi connectivity index (χ3v) is 6.78. The molecule has 0 radical (unpaired) electrons. The van der Waals surface area contributed by atoms with E-state index in [1.165, 1.54) is 4.31 Å². The number of sulfone groups is 1. The number of β-amino-alcohol motifs (C(OH)–C–C–N with tert-alkyl or cyclic N) is 1. The Kier molecular flexibility index (Phi) is 5.53. The van der Waals surface area contributed by atoms with E-state index in [4.69, 9.17) is 5.11 Å². The molecule has 0 aromatic carbocycles. The lowest BCUT2D eigenvalue weighted by atomic mass is 10.4. The molecule has 18 heavy (non-hydrogen) atoms. The summed E-state index contributed by atoms with van der Waals surface area (Å²) >= 11 is 0. The van der Waals surface area contributed by atoms with E-state index in [9.17, 15) is 16.8 Å². The highest BCUT2D eigenvalue weighted by molar-refractivity contribution is 8.06. The van der Waals surface area contributed by atoms with E-state index in [-0.39, 0.29) is 13.2 Å². The van der Waals surface area contributed by atoms with Gasteiger partial charge in [-0.3, -0.25) is 4.90 Å². The maximum Gasteiger partial charge on any atom is 0.228 e. The molecule has 9 heteroatoms. The van der Waals surface area contributed by atoms with E-state index >= 15 is 0 Å². The Morgan fingerprint density at radius 3 is 2.28 bits per heavy atom. The van der Waals surface area contributed by atoms with Crippen molar-refractivity contribution in [2.24, 2.45) is 0 Å². The van der Waals surface area contributed by atoms with Crippen LogP contribution in [0.25, 0.3) is 0 Å². The van der Waals surface area contributed by atoms with Gasteiger partial charge in [-0.05, 0) is 13.0 Å². The molecule has 0 amide bonds. The zero-order valence-electron chi connectivity index (χ0n) is 10.4. The molecule has 0 saturated carbocycles. The largest absolute Gasteiger partial charge is 0.395 e. The Labute approximate surface area is 108 Å². The molecule has 0 aromatic heterocycles. The van der Waals surface area contributed by atoms with Crippen molar-refractivity contribution in [3.05, 3.63) is 0 Å². The molecule has 1 heterocycles. The Morgan fingerprint density at radius 1 is 1.06 bits per heavy atom. The molecule has 0 aliphatic carbocycles. The van der Waals surface area contributed by atoms with Crippen molar-refractivity contribution in [3.63, 3.8) is 0 Å². The molecule has 1 rings (SSSR count). The van der Waals surface area contributed by atoms with Crippen molar-refractivity contribution >= 4 is 19.9 Å². The molecule has 108 valence electrons. The molecule has 1 aliphatic rings. The summed E-state index contributed by atoms with van der Waals surface area (Å²) in [6.07, 6.45) is 1.56. The highest BCUT2D eigenvalue weighted by Crippen LogP contribution is 2.10. The van der Waals surface area contributed by atoms with Crippen LogP contribution in [-0.2, 0) is 19.9 Å². The number of rotatable bonds is 5. The lowest BCUT2D eigenvalue weighted by Crippen LogP contribution is -2.38. The summed E-state index contributed by atoms with van der Waals surface area (Å²) in [5, 5.41) is 8.00. The normalized spacial score (nSPS) is 20.8. The van der Waals surface area contributed by atoms with Gasteiger partial charge in [-0.25, -0.2) is 16.8 Å². The van der Waals surface area contributed by atoms with Gasteiger partial charge in [0, 0.05) is 32.4 Å². The van der Waals surface area contributed by atoms with Crippen molar-refractivity contribution in [1.29, 1.82) is 0 Å². The van der Waals surface area contributed by atoms with E-state index in [1.54, 1.807) is 0 Å². The Morgan fingerprint density at radius 2 is 1.72 bits per heavy atom. The molecule has 1 fully saturated rings. The third-order valence-electron chi connectivity index (χ3n) is 2.72. The van der Waals surface area contributed by atoms with Crippen LogP contribution in [0.1, 0.15) is 6.42 Å². The van der Waals surface area contributed by atoms with Gasteiger partial charge in [0.25, 0.3) is 0 Å². The number of aliphatic hydroxyl groups excluding tert-OH is 1. The molecule has 0 spiro atoms. The van der Waals surface area contributed by atoms with E-state index in [1.807, 2.05) is 4.90 Å². The average molecular weight is 300 g/mol. The summed E-state index contributed by atoms with van der Waals surface area (Å²) in [6, 6.07) is 0. The number of aliphatic hydroxyl groups is 1. The van der Waals surface area contributed by atoms with Gasteiger partial charge >= 0.3 is 0 Å².